The summed E-state index contributed by atoms with van der Waals surface area (Å²) in [5.74, 6) is 0.160. The van der Waals surface area contributed by atoms with Crippen molar-refractivity contribution in [1.82, 2.24) is 10.2 Å². The maximum atomic E-state index is 13.1. The number of aliphatic hydroxyl groups is 1. The van der Waals surface area contributed by atoms with E-state index in [1.807, 2.05) is 40.0 Å². The highest BCUT2D eigenvalue weighted by Gasteiger charge is 2.77. The molecule has 1 unspecified atom stereocenters. The standard InChI is InChI=1S/C29H41N3O5/c1-8-27-12-9-14-32-15-13-28(22(27)32)20-11-10-19(36-7)16-21(20)31(6)23(28)29(35,24(27)37-18(2)33)17-30-25(34)26(3,4)5/h9-12,16,22-24,35H,8,13-15,17H2,1-7H3,(H,30,34)/t22-,23+,24+,27+,28+,29?/m0/s1. The van der Waals surface area contributed by atoms with Gasteiger partial charge in [0.15, 0.2) is 0 Å². The second-order valence-corrected chi connectivity index (χ2v) is 12.4. The number of nitrogens with one attached hydrogen (secondary N) is 1. The molecule has 1 aliphatic carbocycles. The number of carbonyl (C=O) groups excluding carboxylic acids is 2. The third-order valence-corrected chi connectivity index (χ3v) is 9.43. The average Bonchev–Trinajstić information content (AvgIpc) is 3.36. The predicted octanol–water partition coefficient (Wildman–Crippen LogP) is 2.63. The third kappa shape index (κ3) is 3.41. The Morgan fingerprint density at radius 2 is 1.97 bits per heavy atom. The minimum atomic E-state index is -1.56. The molecule has 1 spiro atoms. The number of benzene rings is 1. The lowest BCUT2D eigenvalue weighted by Gasteiger charge is -2.64. The quantitative estimate of drug-likeness (QED) is 0.464. The summed E-state index contributed by atoms with van der Waals surface area (Å²) >= 11 is 0. The molecule has 5 rings (SSSR count). The van der Waals surface area contributed by atoms with Crippen LogP contribution >= 0.6 is 0 Å². The molecular weight excluding hydrogens is 470 g/mol. The van der Waals surface area contributed by atoms with Crippen molar-refractivity contribution in [2.24, 2.45) is 10.8 Å². The molecule has 8 heteroatoms. The SMILES string of the molecule is CC[C@]12C=CCN3CC[C@@]4(c5ccc(OC)cc5N(C)[C@H]4C(O)(CNC(=O)C(C)(C)C)[C@@H]1OC(C)=O)[C@@H]32. The third-order valence-electron chi connectivity index (χ3n) is 9.43. The average molecular weight is 512 g/mol. The van der Waals surface area contributed by atoms with Crippen LogP contribution in [0.4, 0.5) is 5.69 Å². The van der Waals surface area contributed by atoms with Crippen LogP contribution in [-0.2, 0) is 19.7 Å². The first-order valence-corrected chi connectivity index (χ1v) is 13.4. The summed E-state index contributed by atoms with van der Waals surface area (Å²) < 4.78 is 11.7. The van der Waals surface area contributed by atoms with E-state index >= 15 is 0 Å². The number of rotatable bonds is 5. The first-order chi connectivity index (χ1) is 17.4. The molecule has 202 valence electrons. The number of amides is 1. The summed E-state index contributed by atoms with van der Waals surface area (Å²) in [6, 6.07) is 5.78. The Morgan fingerprint density at radius 3 is 2.59 bits per heavy atom. The molecule has 3 aliphatic heterocycles. The number of ether oxygens (including phenoxy) is 2. The molecule has 8 nitrogen and oxygen atoms in total. The number of hydrogen-bond donors (Lipinski definition) is 2. The number of methoxy groups -OCH3 is 1. The van der Waals surface area contributed by atoms with Gasteiger partial charge < -0.3 is 24.8 Å². The highest BCUT2D eigenvalue weighted by Crippen LogP contribution is 2.67. The fourth-order valence-electron chi connectivity index (χ4n) is 8.13. The predicted molar refractivity (Wildman–Crippen MR) is 142 cm³/mol. The van der Waals surface area contributed by atoms with Crippen LogP contribution < -0.4 is 15.0 Å². The van der Waals surface area contributed by atoms with Crippen molar-refractivity contribution in [3.63, 3.8) is 0 Å². The number of carbonyl (C=O) groups is 2. The van der Waals surface area contributed by atoms with Crippen LogP contribution in [0.25, 0.3) is 0 Å². The zero-order valence-electron chi connectivity index (χ0n) is 23.1. The van der Waals surface area contributed by atoms with Crippen LogP contribution in [0.5, 0.6) is 5.75 Å². The molecule has 0 aromatic heterocycles. The Bertz CT molecular complexity index is 1140. The van der Waals surface area contributed by atoms with Crippen molar-refractivity contribution >= 4 is 17.6 Å². The van der Waals surface area contributed by atoms with Gasteiger partial charge >= 0.3 is 5.97 Å². The fraction of sp³-hybridized carbons (Fsp3) is 0.655. The second-order valence-electron chi connectivity index (χ2n) is 12.4. The lowest BCUT2D eigenvalue weighted by Crippen LogP contribution is -2.81. The number of likely N-dealkylation sites (N-methyl/N-ethyl adjacent to an activating group) is 1. The van der Waals surface area contributed by atoms with Crippen LogP contribution in [0.1, 0.15) is 53.0 Å². The van der Waals surface area contributed by atoms with E-state index in [2.05, 4.69) is 40.3 Å². The molecule has 37 heavy (non-hydrogen) atoms. The summed E-state index contributed by atoms with van der Waals surface area (Å²) in [7, 11) is 3.65. The molecule has 2 fully saturated rings. The second kappa shape index (κ2) is 8.46. The maximum Gasteiger partial charge on any atom is 0.303 e. The molecular formula is C29H41N3O5. The Kier molecular flexibility index (Phi) is 5.96. The van der Waals surface area contributed by atoms with Crippen LogP contribution in [-0.4, -0.2) is 79.5 Å². The first-order valence-electron chi connectivity index (χ1n) is 13.4. The number of anilines is 1. The molecule has 1 aromatic rings. The molecule has 0 bridgehead atoms. The van der Waals surface area contributed by atoms with E-state index in [1.54, 1.807) is 7.11 Å². The molecule has 1 saturated heterocycles. The topological polar surface area (TPSA) is 91.3 Å². The zero-order chi connectivity index (χ0) is 27.0. The van der Waals surface area contributed by atoms with E-state index in [0.717, 1.165) is 30.9 Å². The summed E-state index contributed by atoms with van der Waals surface area (Å²) in [5.41, 5.74) is -1.04. The van der Waals surface area contributed by atoms with Gasteiger partial charge in [0.1, 0.15) is 17.5 Å². The minimum Gasteiger partial charge on any atom is -0.497 e. The van der Waals surface area contributed by atoms with Gasteiger partial charge in [-0.2, -0.15) is 0 Å². The van der Waals surface area contributed by atoms with Gasteiger partial charge in [0.2, 0.25) is 5.91 Å². The lowest BCUT2D eigenvalue weighted by molar-refractivity contribution is -0.217. The molecule has 3 heterocycles. The van der Waals surface area contributed by atoms with Crippen LogP contribution in [0.3, 0.4) is 0 Å². The van der Waals surface area contributed by atoms with Crippen molar-refractivity contribution in [1.29, 1.82) is 0 Å². The molecule has 0 radical (unpaired) electrons. The van der Waals surface area contributed by atoms with E-state index in [0.29, 0.717) is 6.42 Å². The number of nitrogens with zero attached hydrogens (tertiary/aromatic N) is 2. The van der Waals surface area contributed by atoms with Gasteiger partial charge in [0.25, 0.3) is 0 Å². The summed E-state index contributed by atoms with van der Waals surface area (Å²) in [6.07, 6.45) is 5.03. The summed E-state index contributed by atoms with van der Waals surface area (Å²) in [4.78, 5) is 30.3. The Hall–Kier alpha value is -2.58. The van der Waals surface area contributed by atoms with Crippen molar-refractivity contribution in [2.45, 2.75) is 76.7 Å². The van der Waals surface area contributed by atoms with E-state index in [1.165, 1.54) is 12.5 Å². The summed E-state index contributed by atoms with van der Waals surface area (Å²) in [6.45, 7) is 10.7. The van der Waals surface area contributed by atoms with Crippen molar-refractivity contribution in [3.05, 3.63) is 35.9 Å². The van der Waals surface area contributed by atoms with E-state index in [-0.39, 0.29) is 18.5 Å². The smallest absolute Gasteiger partial charge is 0.303 e. The number of fused-ring (bicyclic) bond motifs is 1. The van der Waals surface area contributed by atoms with Gasteiger partial charge in [0.05, 0.1) is 19.7 Å². The van der Waals surface area contributed by atoms with Gasteiger partial charge in [-0.15, -0.1) is 0 Å². The number of hydrogen-bond acceptors (Lipinski definition) is 7. The monoisotopic (exact) mass is 511 g/mol. The minimum absolute atomic E-state index is 0.0226. The van der Waals surface area contributed by atoms with Gasteiger partial charge in [-0.3, -0.25) is 14.5 Å². The maximum absolute atomic E-state index is 13.1. The molecule has 6 atom stereocenters. The zero-order valence-corrected chi connectivity index (χ0v) is 23.1. The van der Waals surface area contributed by atoms with Crippen LogP contribution in [0, 0.1) is 10.8 Å². The molecule has 2 N–H and O–H groups in total. The highest BCUT2D eigenvalue weighted by molar-refractivity contribution is 5.81. The largest absolute Gasteiger partial charge is 0.497 e. The van der Waals surface area contributed by atoms with Crippen molar-refractivity contribution in [3.8, 4) is 5.75 Å². The normalized spacial score (nSPS) is 36.0. The van der Waals surface area contributed by atoms with E-state index in [9.17, 15) is 14.7 Å². The van der Waals surface area contributed by atoms with Gasteiger partial charge in [-0.25, -0.2) is 0 Å². The van der Waals surface area contributed by atoms with Gasteiger partial charge in [-0.05, 0) is 31.0 Å². The summed E-state index contributed by atoms with van der Waals surface area (Å²) in [5, 5.41) is 16.0. The van der Waals surface area contributed by atoms with Gasteiger partial charge in [0, 0.05) is 54.6 Å². The fourth-order valence-corrected chi connectivity index (χ4v) is 8.13. The molecule has 1 aromatic carbocycles. The Labute approximate surface area is 220 Å². The van der Waals surface area contributed by atoms with E-state index in [4.69, 9.17) is 9.47 Å². The lowest BCUT2D eigenvalue weighted by atomic mass is 9.47. The Morgan fingerprint density at radius 1 is 1.24 bits per heavy atom. The number of esters is 1. The van der Waals surface area contributed by atoms with E-state index < -0.39 is 40.0 Å². The van der Waals surface area contributed by atoms with Crippen LogP contribution in [0.2, 0.25) is 0 Å². The van der Waals surface area contributed by atoms with Gasteiger partial charge in [-0.1, -0.05) is 45.9 Å². The Balaban J connectivity index is 1.76. The molecule has 1 saturated carbocycles. The highest BCUT2D eigenvalue weighted by atomic mass is 16.6. The first kappa shape index (κ1) is 26.0. The van der Waals surface area contributed by atoms with Crippen molar-refractivity contribution in [2.75, 3.05) is 38.7 Å². The van der Waals surface area contributed by atoms with Crippen molar-refractivity contribution < 1.29 is 24.2 Å². The molecule has 4 aliphatic rings. The molecule has 1 amide bonds. The van der Waals surface area contributed by atoms with Crippen LogP contribution in [0.15, 0.2) is 30.4 Å².